The molecule has 1 heterocycles. The maximum Gasteiger partial charge on any atom is 0.262 e. The van der Waals surface area contributed by atoms with E-state index >= 15 is 0 Å². The van der Waals surface area contributed by atoms with Gasteiger partial charge in [0, 0.05) is 30.3 Å². The standard InChI is InChI=1S/C22H26N4O5S2/c27-22(16-8-12-19(13-9-16)32(28,29)25-17-10-11-17)24-18-5-4-6-20(15-18)33(30,31)26-21-7-2-1-3-14-23-21/h4-6,8-9,12-13,15,17,25H,1-3,7,10-11,14H2,(H,23,26)(H,24,27). The lowest BCUT2D eigenvalue weighted by molar-refractivity contribution is 0.102. The smallest absolute Gasteiger partial charge is 0.262 e. The summed E-state index contributed by atoms with van der Waals surface area (Å²) in [6, 6.07) is 11.5. The molecule has 2 aliphatic rings. The van der Waals surface area contributed by atoms with E-state index in [1.54, 1.807) is 6.07 Å². The molecule has 9 nitrogen and oxygen atoms in total. The monoisotopic (exact) mass is 490 g/mol. The van der Waals surface area contributed by atoms with E-state index in [0.29, 0.717) is 24.5 Å². The summed E-state index contributed by atoms with van der Waals surface area (Å²) < 4.78 is 55.2. The normalized spacial score (nSPS) is 17.0. The van der Waals surface area contributed by atoms with E-state index in [2.05, 4.69) is 19.8 Å². The van der Waals surface area contributed by atoms with Crippen LogP contribution in [0.15, 0.2) is 63.3 Å². The van der Waals surface area contributed by atoms with Crippen molar-refractivity contribution in [3.63, 3.8) is 0 Å². The number of carbonyl (C=O) groups excluding carboxylic acids is 1. The number of hydrogen-bond acceptors (Lipinski definition) is 6. The van der Waals surface area contributed by atoms with Crippen LogP contribution in [0.2, 0.25) is 0 Å². The fraction of sp³-hybridized carbons (Fsp3) is 0.364. The highest BCUT2D eigenvalue weighted by Gasteiger charge is 2.28. The number of sulfonamides is 2. The molecule has 0 unspecified atom stereocenters. The van der Waals surface area contributed by atoms with Crippen molar-refractivity contribution in [2.45, 2.75) is 54.4 Å². The van der Waals surface area contributed by atoms with Crippen LogP contribution in [-0.2, 0) is 20.0 Å². The molecule has 176 valence electrons. The van der Waals surface area contributed by atoms with E-state index in [4.69, 9.17) is 0 Å². The predicted octanol–water partition coefficient (Wildman–Crippen LogP) is 2.63. The van der Waals surface area contributed by atoms with Crippen LogP contribution in [0.1, 0.15) is 48.9 Å². The number of hydrogen-bond donors (Lipinski definition) is 3. The van der Waals surface area contributed by atoms with E-state index in [1.807, 2.05) is 0 Å². The average molecular weight is 491 g/mol. The summed E-state index contributed by atoms with van der Waals surface area (Å²) >= 11 is 0. The highest BCUT2D eigenvalue weighted by atomic mass is 32.2. The molecule has 0 radical (unpaired) electrons. The highest BCUT2D eigenvalue weighted by Crippen LogP contribution is 2.23. The molecule has 0 aromatic heterocycles. The molecule has 0 atom stereocenters. The molecule has 0 bridgehead atoms. The van der Waals surface area contributed by atoms with Crippen molar-refractivity contribution in [3.8, 4) is 0 Å². The van der Waals surface area contributed by atoms with Crippen LogP contribution >= 0.6 is 0 Å². The second-order valence-electron chi connectivity index (χ2n) is 8.15. The summed E-state index contributed by atoms with van der Waals surface area (Å²) in [4.78, 5) is 17.0. The van der Waals surface area contributed by atoms with Crippen LogP contribution in [0.3, 0.4) is 0 Å². The van der Waals surface area contributed by atoms with Gasteiger partial charge in [0.2, 0.25) is 10.0 Å². The van der Waals surface area contributed by atoms with Crippen molar-refractivity contribution in [2.75, 3.05) is 11.9 Å². The molecular weight excluding hydrogens is 464 g/mol. The third kappa shape index (κ3) is 6.18. The molecule has 2 aromatic carbocycles. The van der Waals surface area contributed by atoms with Gasteiger partial charge in [0.25, 0.3) is 15.9 Å². The molecule has 1 aliphatic carbocycles. The molecule has 33 heavy (non-hydrogen) atoms. The third-order valence-electron chi connectivity index (χ3n) is 5.35. The number of nitrogens with one attached hydrogen (secondary N) is 3. The minimum absolute atomic E-state index is 0.00866. The topological polar surface area (TPSA) is 134 Å². The molecule has 1 saturated carbocycles. The lowest BCUT2D eigenvalue weighted by Gasteiger charge is -2.11. The summed E-state index contributed by atoms with van der Waals surface area (Å²) in [6.45, 7) is 0.602. The molecule has 2 aromatic rings. The van der Waals surface area contributed by atoms with Gasteiger partial charge in [-0.3, -0.25) is 14.5 Å². The number of carbonyl (C=O) groups is 1. The summed E-state index contributed by atoms with van der Waals surface area (Å²) in [5, 5.41) is 2.66. The zero-order valence-corrected chi connectivity index (χ0v) is 19.6. The Labute approximate surface area is 193 Å². The van der Waals surface area contributed by atoms with Crippen LogP contribution in [0.25, 0.3) is 0 Å². The van der Waals surface area contributed by atoms with Gasteiger partial charge in [-0.15, -0.1) is 0 Å². The first-order valence-electron chi connectivity index (χ1n) is 10.8. The van der Waals surface area contributed by atoms with Gasteiger partial charge in [0.1, 0.15) is 5.84 Å². The molecule has 1 fully saturated rings. The molecule has 11 heteroatoms. The molecule has 3 N–H and O–H groups in total. The molecule has 1 amide bonds. The fourth-order valence-corrected chi connectivity index (χ4v) is 5.83. The second-order valence-corrected chi connectivity index (χ2v) is 11.5. The quantitative estimate of drug-likeness (QED) is 0.549. The first-order chi connectivity index (χ1) is 15.7. The summed E-state index contributed by atoms with van der Waals surface area (Å²) in [6.07, 6.45) is 5.08. The number of amidine groups is 1. The van der Waals surface area contributed by atoms with Crippen molar-refractivity contribution in [2.24, 2.45) is 4.99 Å². The van der Waals surface area contributed by atoms with Crippen molar-refractivity contribution >= 4 is 37.5 Å². The maximum absolute atomic E-state index is 12.8. The predicted molar refractivity (Wildman–Crippen MR) is 125 cm³/mol. The van der Waals surface area contributed by atoms with Gasteiger partial charge < -0.3 is 5.32 Å². The number of anilines is 1. The SMILES string of the molecule is O=C(Nc1cccc(S(=O)(=O)NC2=NCCCCC2)c1)c1ccc(S(=O)(=O)NC2CC2)cc1. The molecule has 1 aliphatic heterocycles. The van der Waals surface area contributed by atoms with Crippen LogP contribution in [-0.4, -0.2) is 41.2 Å². The van der Waals surface area contributed by atoms with E-state index < -0.39 is 26.0 Å². The Bertz CT molecular complexity index is 1270. The average Bonchev–Trinajstić information content (AvgIpc) is 3.61. The zero-order chi connectivity index (χ0) is 23.5. The van der Waals surface area contributed by atoms with E-state index in [0.717, 1.165) is 32.1 Å². The van der Waals surface area contributed by atoms with Gasteiger partial charge in [-0.1, -0.05) is 12.5 Å². The Balaban J connectivity index is 1.44. The Morgan fingerprint density at radius 1 is 0.879 bits per heavy atom. The summed E-state index contributed by atoms with van der Waals surface area (Å²) in [5.74, 6) is -0.0297. The van der Waals surface area contributed by atoms with Gasteiger partial charge in [-0.2, -0.15) is 0 Å². The Morgan fingerprint density at radius 2 is 1.64 bits per heavy atom. The summed E-state index contributed by atoms with van der Waals surface area (Å²) in [7, 11) is -7.43. The lowest BCUT2D eigenvalue weighted by Crippen LogP contribution is -2.30. The van der Waals surface area contributed by atoms with Crippen LogP contribution < -0.4 is 14.8 Å². The fourth-order valence-electron chi connectivity index (χ4n) is 3.39. The number of aliphatic imine (C=N–C) groups is 1. The zero-order valence-electron chi connectivity index (χ0n) is 18.0. The number of nitrogens with zero attached hydrogens (tertiary/aromatic N) is 1. The van der Waals surface area contributed by atoms with Gasteiger partial charge in [-0.05, 0) is 68.1 Å². The lowest BCUT2D eigenvalue weighted by atomic mass is 10.2. The van der Waals surface area contributed by atoms with Crippen LogP contribution in [0.5, 0.6) is 0 Å². The van der Waals surface area contributed by atoms with Crippen molar-refractivity contribution in [1.29, 1.82) is 0 Å². The van der Waals surface area contributed by atoms with Gasteiger partial charge >= 0.3 is 0 Å². The van der Waals surface area contributed by atoms with Gasteiger partial charge in [0.05, 0.1) is 9.79 Å². The van der Waals surface area contributed by atoms with E-state index in [9.17, 15) is 21.6 Å². The number of rotatable bonds is 7. The first-order valence-corrected chi connectivity index (χ1v) is 13.8. The number of benzene rings is 2. The Morgan fingerprint density at radius 3 is 2.36 bits per heavy atom. The molecule has 0 saturated heterocycles. The van der Waals surface area contributed by atoms with Crippen molar-refractivity contribution < 1.29 is 21.6 Å². The first kappa shape index (κ1) is 23.4. The number of amides is 1. The third-order valence-corrected chi connectivity index (χ3v) is 8.27. The minimum atomic E-state index is -3.83. The van der Waals surface area contributed by atoms with Crippen molar-refractivity contribution in [3.05, 3.63) is 54.1 Å². The Kier molecular flexibility index (Phi) is 6.82. The minimum Gasteiger partial charge on any atom is -0.322 e. The summed E-state index contributed by atoms with van der Waals surface area (Å²) in [5.41, 5.74) is 0.553. The van der Waals surface area contributed by atoms with Gasteiger partial charge in [-0.25, -0.2) is 21.6 Å². The van der Waals surface area contributed by atoms with E-state index in [-0.39, 0.29) is 21.4 Å². The van der Waals surface area contributed by atoms with Gasteiger partial charge in [0.15, 0.2) is 0 Å². The van der Waals surface area contributed by atoms with E-state index in [1.165, 1.54) is 42.5 Å². The second kappa shape index (κ2) is 9.62. The van der Waals surface area contributed by atoms with Crippen LogP contribution in [0, 0.1) is 0 Å². The van der Waals surface area contributed by atoms with Crippen molar-refractivity contribution in [1.82, 2.24) is 9.44 Å². The highest BCUT2D eigenvalue weighted by molar-refractivity contribution is 7.90. The largest absolute Gasteiger partial charge is 0.322 e. The molecular formula is C22H26N4O5S2. The molecule has 4 rings (SSSR count). The Hall–Kier alpha value is -2.76. The maximum atomic E-state index is 12.8. The molecule has 0 spiro atoms. The van der Waals surface area contributed by atoms with Crippen LogP contribution in [0.4, 0.5) is 5.69 Å².